The van der Waals surface area contributed by atoms with E-state index >= 15 is 0 Å². The van der Waals surface area contributed by atoms with Crippen LogP contribution in [0.2, 0.25) is 0 Å². The SMILES string of the molecule is Cc1c(CC(Cl)(Cl)Cl)c2c(n1-c1ccc(F)cc1F)CC(C)(C)CC2=O. The molecule has 1 heterocycles. The quantitative estimate of drug-likeness (QED) is 0.536. The van der Waals surface area contributed by atoms with Gasteiger partial charge in [0.2, 0.25) is 0 Å². The molecule has 0 saturated heterocycles. The van der Waals surface area contributed by atoms with E-state index in [0.29, 0.717) is 35.4 Å². The number of carbonyl (C=O) groups is 1. The molecule has 1 aromatic carbocycles. The van der Waals surface area contributed by atoms with Crippen LogP contribution in [0.1, 0.15) is 47.6 Å². The number of alkyl halides is 3. The molecule has 0 saturated carbocycles. The molecule has 0 fully saturated rings. The van der Waals surface area contributed by atoms with Crippen molar-refractivity contribution in [2.45, 2.75) is 43.8 Å². The van der Waals surface area contributed by atoms with Crippen molar-refractivity contribution in [2.75, 3.05) is 0 Å². The third-order valence-electron chi connectivity index (χ3n) is 4.72. The van der Waals surface area contributed by atoms with E-state index in [4.69, 9.17) is 34.8 Å². The number of aromatic nitrogens is 1. The van der Waals surface area contributed by atoms with Crippen molar-refractivity contribution < 1.29 is 13.6 Å². The van der Waals surface area contributed by atoms with Gasteiger partial charge in [-0.2, -0.15) is 0 Å². The predicted molar refractivity (Wildman–Crippen MR) is 101 cm³/mol. The highest BCUT2D eigenvalue weighted by atomic mass is 35.6. The maximum Gasteiger partial charge on any atom is 0.194 e. The van der Waals surface area contributed by atoms with E-state index in [2.05, 4.69) is 0 Å². The Hall–Kier alpha value is -1.10. The summed E-state index contributed by atoms with van der Waals surface area (Å²) < 4.78 is 27.9. The first-order valence-corrected chi connectivity index (χ1v) is 9.31. The van der Waals surface area contributed by atoms with Crippen molar-refractivity contribution in [3.63, 3.8) is 0 Å². The second-order valence-electron chi connectivity index (χ2n) is 7.55. The molecule has 140 valence electrons. The average molecular weight is 421 g/mol. The molecule has 0 N–H and O–H groups in total. The van der Waals surface area contributed by atoms with Gasteiger partial charge in [-0.15, -0.1) is 0 Å². The summed E-state index contributed by atoms with van der Waals surface area (Å²) in [7, 11) is 0. The van der Waals surface area contributed by atoms with Crippen LogP contribution in [0.25, 0.3) is 5.69 Å². The Labute approximate surface area is 166 Å². The molecule has 3 rings (SSSR count). The molecule has 2 aromatic rings. The van der Waals surface area contributed by atoms with Gasteiger partial charge in [-0.25, -0.2) is 8.78 Å². The molecule has 2 nitrogen and oxygen atoms in total. The van der Waals surface area contributed by atoms with Gasteiger partial charge in [0.05, 0.1) is 5.69 Å². The number of carbonyl (C=O) groups excluding carboxylic acids is 1. The number of benzene rings is 1. The van der Waals surface area contributed by atoms with Crippen LogP contribution in [0.4, 0.5) is 8.78 Å². The highest BCUT2D eigenvalue weighted by molar-refractivity contribution is 6.67. The van der Waals surface area contributed by atoms with Gasteiger partial charge in [-0.3, -0.25) is 4.79 Å². The Morgan fingerprint density at radius 3 is 2.42 bits per heavy atom. The van der Waals surface area contributed by atoms with E-state index in [-0.39, 0.29) is 23.3 Å². The molecule has 0 bridgehead atoms. The zero-order valence-corrected chi connectivity index (χ0v) is 16.9. The van der Waals surface area contributed by atoms with Crippen LogP contribution in [0.5, 0.6) is 0 Å². The summed E-state index contributed by atoms with van der Waals surface area (Å²) >= 11 is 17.9. The van der Waals surface area contributed by atoms with Crippen molar-refractivity contribution in [3.05, 3.63) is 52.3 Å². The lowest BCUT2D eigenvalue weighted by atomic mass is 9.75. The number of nitrogens with zero attached hydrogens (tertiary/aromatic N) is 1. The van der Waals surface area contributed by atoms with Gasteiger partial charge in [0.15, 0.2) is 9.58 Å². The largest absolute Gasteiger partial charge is 0.314 e. The Balaban J connectivity index is 2.31. The maximum atomic E-state index is 14.5. The fourth-order valence-electron chi connectivity index (χ4n) is 3.75. The summed E-state index contributed by atoms with van der Waals surface area (Å²) in [6.07, 6.45) is 0.960. The fraction of sp³-hybridized carbons (Fsp3) is 0.421. The monoisotopic (exact) mass is 419 g/mol. The Bertz CT molecular complexity index is 897. The highest BCUT2D eigenvalue weighted by Gasteiger charge is 2.39. The molecule has 26 heavy (non-hydrogen) atoms. The summed E-state index contributed by atoms with van der Waals surface area (Å²) in [5.74, 6) is -1.42. The zero-order valence-electron chi connectivity index (χ0n) is 14.6. The minimum Gasteiger partial charge on any atom is -0.314 e. The first-order valence-electron chi connectivity index (χ1n) is 8.18. The van der Waals surface area contributed by atoms with Gasteiger partial charge < -0.3 is 4.57 Å². The second-order valence-corrected chi connectivity index (χ2v) is 10.1. The standard InChI is InChI=1S/C19H18Cl3F2NO/c1-10-12(7-19(20,21)22)17-15(8-18(2,3)9-16(17)26)25(10)14-5-4-11(23)6-13(14)24/h4-6H,7-9H2,1-3H3. The number of rotatable bonds is 2. The lowest BCUT2D eigenvalue weighted by Crippen LogP contribution is -2.28. The third kappa shape index (κ3) is 3.64. The van der Waals surface area contributed by atoms with Crippen LogP contribution in [0, 0.1) is 24.0 Å². The van der Waals surface area contributed by atoms with Crippen LogP contribution in [-0.4, -0.2) is 14.1 Å². The van der Waals surface area contributed by atoms with Crippen molar-refractivity contribution in [3.8, 4) is 5.69 Å². The highest BCUT2D eigenvalue weighted by Crippen LogP contribution is 2.43. The van der Waals surface area contributed by atoms with Crippen LogP contribution in [0.15, 0.2) is 18.2 Å². The molecule has 0 aliphatic heterocycles. The van der Waals surface area contributed by atoms with E-state index in [1.807, 2.05) is 13.8 Å². The first-order chi connectivity index (χ1) is 11.9. The minimum absolute atomic E-state index is 0.0355. The number of hydrogen-bond acceptors (Lipinski definition) is 1. The van der Waals surface area contributed by atoms with Crippen molar-refractivity contribution in [2.24, 2.45) is 5.41 Å². The summed E-state index contributed by atoms with van der Waals surface area (Å²) in [6.45, 7) is 5.72. The summed E-state index contributed by atoms with van der Waals surface area (Å²) in [5, 5.41) is 0. The van der Waals surface area contributed by atoms with Gasteiger partial charge >= 0.3 is 0 Å². The smallest absolute Gasteiger partial charge is 0.194 e. The molecule has 7 heteroatoms. The van der Waals surface area contributed by atoms with Crippen LogP contribution >= 0.6 is 34.8 Å². The molecular weight excluding hydrogens is 403 g/mol. The Morgan fingerprint density at radius 1 is 1.19 bits per heavy atom. The summed E-state index contributed by atoms with van der Waals surface area (Å²) in [5.41, 5.74) is 2.30. The van der Waals surface area contributed by atoms with Crippen molar-refractivity contribution in [1.29, 1.82) is 0 Å². The number of Topliss-reactive ketones (excluding diaryl/α,β-unsaturated/α-hetero) is 1. The van der Waals surface area contributed by atoms with Crippen LogP contribution in [0.3, 0.4) is 0 Å². The van der Waals surface area contributed by atoms with Crippen molar-refractivity contribution >= 4 is 40.6 Å². The van der Waals surface area contributed by atoms with Crippen molar-refractivity contribution in [1.82, 2.24) is 4.57 Å². The minimum atomic E-state index is -1.58. The zero-order chi connectivity index (χ0) is 19.4. The van der Waals surface area contributed by atoms with Crippen LogP contribution < -0.4 is 0 Å². The van der Waals surface area contributed by atoms with Gasteiger partial charge in [0.25, 0.3) is 0 Å². The van der Waals surface area contributed by atoms with Gasteiger partial charge in [0, 0.05) is 35.9 Å². The molecule has 0 spiro atoms. The van der Waals surface area contributed by atoms with Gasteiger partial charge in [-0.1, -0.05) is 48.7 Å². The summed E-state index contributed by atoms with van der Waals surface area (Å²) in [4.78, 5) is 12.8. The Kier molecular flexibility index (Phi) is 4.92. The van der Waals surface area contributed by atoms with Gasteiger partial charge in [-0.05, 0) is 36.5 Å². The number of hydrogen-bond donors (Lipinski definition) is 0. The van der Waals surface area contributed by atoms with Crippen LogP contribution in [-0.2, 0) is 12.8 Å². The maximum absolute atomic E-state index is 14.5. The van der Waals surface area contributed by atoms with E-state index in [1.165, 1.54) is 12.1 Å². The molecule has 0 radical (unpaired) electrons. The number of fused-ring (bicyclic) bond motifs is 1. The predicted octanol–water partition coefficient (Wildman–Crippen LogP) is 6.13. The van der Waals surface area contributed by atoms with E-state index in [1.54, 1.807) is 11.5 Å². The summed E-state index contributed by atoms with van der Waals surface area (Å²) in [6, 6.07) is 3.38. The topological polar surface area (TPSA) is 22.0 Å². The van der Waals surface area contributed by atoms with Gasteiger partial charge in [0.1, 0.15) is 11.6 Å². The van der Waals surface area contributed by atoms with E-state index in [9.17, 15) is 13.6 Å². The lowest BCUT2D eigenvalue weighted by Gasteiger charge is -2.30. The number of ketones is 1. The molecule has 0 unspecified atom stereocenters. The molecule has 1 aliphatic carbocycles. The molecule has 1 aromatic heterocycles. The van der Waals surface area contributed by atoms with E-state index in [0.717, 1.165) is 6.07 Å². The third-order valence-corrected chi connectivity index (χ3v) is 5.13. The lowest BCUT2D eigenvalue weighted by molar-refractivity contribution is 0.0910. The second kappa shape index (κ2) is 6.50. The molecular formula is C19H18Cl3F2NO. The first kappa shape index (κ1) is 19.7. The Morgan fingerprint density at radius 2 is 1.85 bits per heavy atom. The normalized spacial score (nSPS) is 16.7. The molecule has 0 amide bonds. The number of halogens is 5. The fourth-order valence-corrected chi connectivity index (χ4v) is 4.15. The van der Waals surface area contributed by atoms with E-state index < -0.39 is 15.4 Å². The molecule has 1 aliphatic rings. The average Bonchev–Trinajstić information content (AvgIpc) is 2.69. The molecule has 0 atom stereocenters.